The van der Waals surface area contributed by atoms with Gasteiger partial charge in [0.15, 0.2) is 0 Å². The van der Waals surface area contributed by atoms with E-state index >= 15 is 0 Å². The van der Waals surface area contributed by atoms with Gasteiger partial charge in [-0.15, -0.1) is 0 Å². The molecular formula is C14H20F6. The maximum Gasteiger partial charge on any atom is 0.391 e. The highest BCUT2D eigenvalue weighted by Crippen LogP contribution is 2.56. The van der Waals surface area contributed by atoms with Gasteiger partial charge in [-0.25, -0.2) is 0 Å². The normalized spacial score (nSPS) is 32.1. The second kappa shape index (κ2) is 5.41. The number of alkyl halides is 6. The molecule has 2 aliphatic carbocycles. The molecule has 20 heavy (non-hydrogen) atoms. The van der Waals surface area contributed by atoms with E-state index in [0.717, 1.165) is 25.7 Å². The molecule has 0 saturated heterocycles. The van der Waals surface area contributed by atoms with Gasteiger partial charge in [-0.05, 0) is 37.5 Å². The maximum atomic E-state index is 13.0. The molecular weight excluding hydrogens is 282 g/mol. The third kappa shape index (κ3) is 3.61. The monoisotopic (exact) mass is 302 g/mol. The van der Waals surface area contributed by atoms with Gasteiger partial charge in [-0.2, -0.15) is 26.3 Å². The van der Waals surface area contributed by atoms with E-state index in [1.807, 2.05) is 0 Å². The molecule has 2 fully saturated rings. The Morgan fingerprint density at radius 3 is 1.40 bits per heavy atom. The lowest BCUT2D eigenvalue weighted by Crippen LogP contribution is -2.43. The Hall–Kier alpha value is -0.420. The highest BCUT2D eigenvalue weighted by molar-refractivity contribution is 4.95. The molecule has 2 rings (SSSR count). The van der Waals surface area contributed by atoms with E-state index in [0.29, 0.717) is 12.8 Å². The third-order valence-electron chi connectivity index (χ3n) is 5.02. The summed E-state index contributed by atoms with van der Waals surface area (Å²) in [5.74, 6) is -3.58. The summed E-state index contributed by atoms with van der Waals surface area (Å²) in [7, 11) is 0. The van der Waals surface area contributed by atoms with E-state index in [1.165, 1.54) is 0 Å². The predicted molar refractivity (Wildman–Crippen MR) is 63.1 cm³/mol. The first-order valence-electron chi connectivity index (χ1n) is 7.26. The van der Waals surface area contributed by atoms with Crippen LogP contribution in [0.25, 0.3) is 0 Å². The molecule has 1 spiro atoms. The van der Waals surface area contributed by atoms with Crippen molar-refractivity contribution in [3.05, 3.63) is 0 Å². The molecule has 0 nitrogen and oxygen atoms in total. The lowest BCUT2D eigenvalue weighted by Gasteiger charge is -2.45. The Labute approximate surface area is 114 Å². The van der Waals surface area contributed by atoms with E-state index in [9.17, 15) is 26.3 Å². The number of halogens is 6. The minimum absolute atomic E-state index is 0.108. The zero-order valence-corrected chi connectivity index (χ0v) is 11.3. The van der Waals surface area contributed by atoms with Crippen LogP contribution in [0.2, 0.25) is 0 Å². The number of hydrogen-bond donors (Lipinski definition) is 0. The van der Waals surface area contributed by atoms with E-state index < -0.39 is 36.0 Å². The van der Waals surface area contributed by atoms with Crippen molar-refractivity contribution in [2.24, 2.45) is 17.3 Å². The first-order valence-corrected chi connectivity index (χ1v) is 7.26. The summed E-state index contributed by atoms with van der Waals surface area (Å²) in [6.07, 6.45) is -5.61. The van der Waals surface area contributed by atoms with Crippen LogP contribution in [-0.2, 0) is 0 Å². The van der Waals surface area contributed by atoms with Gasteiger partial charge in [0.2, 0.25) is 0 Å². The van der Waals surface area contributed by atoms with Gasteiger partial charge >= 0.3 is 12.4 Å². The molecule has 0 bridgehead atoms. The minimum atomic E-state index is -4.51. The van der Waals surface area contributed by atoms with Gasteiger partial charge in [0.05, 0.1) is 11.8 Å². The van der Waals surface area contributed by atoms with Crippen LogP contribution >= 0.6 is 0 Å². The quantitative estimate of drug-likeness (QED) is 0.491. The largest absolute Gasteiger partial charge is 0.391 e. The highest BCUT2D eigenvalue weighted by atomic mass is 19.4. The van der Waals surface area contributed by atoms with Crippen molar-refractivity contribution in [3.63, 3.8) is 0 Å². The van der Waals surface area contributed by atoms with Gasteiger partial charge in [-0.1, -0.05) is 25.7 Å². The predicted octanol–water partition coefficient (Wildman–Crippen LogP) is 5.87. The van der Waals surface area contributed by atoms with Crippen molar-refractivity contribution in [2.45, 2.75) is 70.1 Å². The summed E-state index contributed by atoms with van der Waals surface area (Å²) in [6.45, 7) is 0. The molecule has 6 heteroatoms. The standard InChI is InChI=1S/C14H20F6/c15-13(16,17)10-7-11(14(18,19)20)9-12(8-10)5-3-1-2-4-6-12/h10-11H,1-9H2. The zero-order valence-electron chi connectivity index (χ0n) is 11.3. The summed E-state index contributed by atoms with van der Waals surface area (Å²) in [6, 6.07) is 0. The number of hydrogen-bond acceptors (Lipinski definition) is 0. The Kier molecular flexibility index (Phi) is 4.32. The van der Waals surface area contributed by atoms with E-state index in [4.69, 9.17) is 0 Å². The van der Waals surface area contributed by atoms with Crippen molar-refractivity contribution in [2.75, 3.05) is 0 Å². The molecule has 118 valence electrons. The van der Waals surface area contributed by atoms with Crippen molar-refractivity contribution in [1.82, 2.24) is 0 Å². The third-order valence-corrected chi connectivity index (χ3v) is 5.02. The molecule has 0 aromatic heterocycles. The van der Waals surface area contributed by atoms with Gasteiger partial charge in [-0.3, -0.25) is 0 Å². The molecule has 2 aliphatic rings. The molecule has 2 unspecified atom stereocenters. The fourth-order valence-corrected chi connectivity index (χ4v) is 4.02. The van der Waals surface area contributed by atoms with Crippen LogP contribution in [0.1, 0.15) is 57.8 Å². The van der Waals surface area contributed by atoms with Crippen LogP contribution in [0.4, 0.5) is 26.3 Å². The van der Waals surface area contributed by atoms with Crippen LogP contribution in [0.15, 0.2) is 0 Å². The van der Waals surface area contributed by atoms with Crippen molar-refractivity contribution < 1.29 is 26.3 Å². The summed E-state index contributed by atoms with van der Waals surface area (Å²) < 4.78 is 77.9. The average molecular weight is 302 g/mol. The second-order valence-electron chi connectivity index (χ2n) is 6.54. The fraction of sp³-hybridized carbons (Fsp3) is 1.00. The maximum absolute atomic E-state index is 13.0. The zero-order chi connectivity index (χ0) is 15.0. The second-order valence-corrected chi connectivity index (χ2v) is 6.54. The highest BCUT2D eigenvalue weighted by Gasteiger charge is 2.55. The first kappa shape index (κ1) is 16.0. The molecule has 0 amide bonds. The molecule has 0 aromatic carbocycles. The van der Waals surface area contributed by atoms with Gasteiger partial charge < -0.3 is 0 Å². The Bertz CT molecular complexity index is 298. The Balaban J connectivity index is 2.23. The van der Waals surface area contributed by atoms with Crippen molar-refractivity contribution >= 4 is 0 Å². The minimum Gasteiger partial charge on any atom is -0.171 e. The molecule has 0 N–H and O–H groups in total. The molecule has 0 aromatic rings. The SMILES string of the molecule is FC(F)(F)C1CC(C(F)(F)F)CC2(CCCCCC2)C1. The van der Waals surface area contributed by atoms with Gasteiger partial charge in [0.25, 0.3) is 0 Å². The van der Waals surface area contributed by atoms with Crippen molar-refractivity contribution in [1.29, 1.82) is 0 Å². The molecule has 0 aliphatic heterocycles. The summed E-state index contributed by atoms with van der Waals surface area (Å²) >= 11 is 0. The lowest BCUT2D eigenvalue weighted by atomic mass is 9.61. The van der Waals surface area contributed by atoms with E-state index in [-0.39, 0.29) is 12.8 Å². The first-order chi connectivity index (χ1) is 9.12. The lowest BCUT2D eigenvalue weighted by molar-refractivity contribution is -0.239. The summed E-state index contributed by atoms with van der Waals surface area (Å²) in [5.41, 5.74) is -0.741. The topological polar surface area (TPSA) is 0 Å². The molecule has 2 atom stereocenters. The Morgan fingerprint density at radius 2 is 1.05 bits per heavy atom. The molecule has 0 radical (unpaired) electrons. The van der Waals surface area contributed by atoms with Gasteiger partial charge in [0.1, 0.15) is 0 Å². The number of rotatable bonds is 0. The van der Waals surface area contributed by atoms with Crippen LogP contribution < -0.4 is 0 Å². The smallest absolute Gasteiger partial charge is 0.171 e. The molecule has 0 heterocycles. The Morgan fingerprint density at radius 1 is 0.650 bits per heavy atom. The van der Waals surface area contributed by atoms with Crippen LogP contribution in [-0.4, -0.2) is 12.4 Å². The van der Waals surface area contributed by atoms with E-state index in [1.54, 1.807) is 0 Å². The summed E-state index contributed by atoms with van der Waals surface area (Å²) in [4.78, 5) is 0. The van der Waals surface area contributed by atoms with E-state index in [2.05, 4.69) is 0 Å². The van der Waals surface area contributed by atoms with Crippen LogP contribution in [0.3, 0.4) is 0 Å². The fourth-order valence-electron chi connectivity index (χ4n) is 4.02. The summed E-state index contributed by atoms with van der Waals surface area (Å²) in [5, 5.41) is 0. The van der Waals surface area contributed by atoms with Crippen molar-refractivity contribution in [3.8, 4) is 0 Å². The van der Waals surface area contributed by atoms with Crippen LogP contribution in [0, 0.1) is 17.3 Å². The average Bonchev–Trinajstić information content (AvgIpc) is 2.52. The van der Waals surface area contributed by atoms with Crippen LogP contribution in [0.5, 0.6) is 0 Å². The molecule has 2 saturated carbocycles. The van der Waals surface area contributed by atoms with Gasteiger partial charge in [0, 0.05) is 0 Å².